The lowest BCUT2D eigenvalue weighted by molar-refractivity contribution is -0.149. The molecule has 0 aromatic heterocycles. The predicted molar refractivity (Wildman–Crippen MR) is 99.7 cm³/mol. The molecule has 0 fully saturated rings. The van der Waals surface area contributed by atoms with Crippen molar-refractivity contribution in [2.75, 3.05) is 6.61 Å². The normalized spacial score (nSPS) is 18.7. The van der Waals surface area contributed by atoms with Gasteiger partial charge in [-0.2, -0.15) is 0 Å². The molecule has 0 saturated heterocycles. The molecule has 0 bridgehead atoms. The summed E-state index contributed by atoms with van der Waals surface area (Å²) in [6.07, 6.45) is -0.282. The van der Waals surface area contributed by atoms with Crippen molar-refractivity contribution in [1.29, 1.82) is 0 Å². The molecule has 1 heterocycles. The second-order valence-corrected chi connectivity index (χ2v) is 7.45. The van der Waals surface area contributed by atoms with Gasteiger partial charge in [0.1, 0.15) is 11.9 Å². The fourth-order valence-corrected chi connectivity index (χ4v) is 2.60. The Kier molecular flexibility index (Phi) is 5.95. The number of nitrogens with one attached hydrogen (secondary N) is 2. The predicted octanol–water partition coefficient (Wildman–Crippen LogP) is 3.69. The van der Waals surface area contributed by atoms with E-state index in [0.29, 0.717) is 23.6 Å². The highest BCUT2D eigenvalue weighted by Gasteiger charge is 2.35. The topological polar surface area (TPSA) is 76.7 Å². The standard InChI is InChI=1S/C20H28N2O4/c1-7-25-15-11-9-8-10-14(15)17-16(12(2)21-19(24)22-17)18(23)26-13(3)20(4,5)6/h8-11,13,17H,7H2,1-6H3,(H2,21,22,24)/t13-,17-/m1/s1. The number of carbonyl (C=O) groups excluding carboxylic acids is 2. The maximum atomic E-state index is 12.9. The Morgan fingerprint density at radius 2 is 1.92 bits per heavy atom. The van der Waals surface area contributed by atoms with Gasteiger partial charge in [-0.3, -0.25) is 0 Å². The smallest absolute Gasteiger partial charge is 0.338 e. The molecule has 0 unspecified atom stereocenters. The van der Waals surface area contributed by atoms with Crippen molar-refractivity contribution < 1.29 is 19.1 Å². The second kappa shape index (κ2) is 7.81. The largest absolute Gasteiger partial charge is 0.494 e. The third-order valence-electron chi connectivity index (χ3n) is 4.52. The first-order valence-electron chi connectivity index (χ1n) is 8.86. The molecule has 0 aliphatic carbocycles. The number of para-hydroxylation sites is 1. The van der Waals surface area contributed by atoms with E-state index in [0.717, 1.165) is 5.56 Å². The number of allylic oxidation sites excluding steroid dienone is 1. The highest BCUT2D eigenvalue weighted by atomic mass is 16.5. The summed E-state index contributed by atoms with van der Waals surface area (Å²) in [6.45, 7) is 12.0. The lowest BCUT2D eigenvalue weighted by Crippen LogP contribution is -2.46. The van der Waals surface area contributed by atoms with E-state index in [-0.39, 0.29) is 17.6 Å². The van der Waals surface area contributed by atoms with Gasteiger partial charge in [-0.15, -0.1) is 0 Å². The molecule has 2 amide bonds. The summed E-state index contributed by atoms with van der Waals surface area (Å²) in [4.78, 5) is 24.9. The molecule has 0 saturated carbocycles. The average Bonchev–Trinajstić information content (AvgIpc) is 2.53. The van der Waals surface area contributed by atoms with Gasteiger partial charge in [0.05, 0.1) is 18.2 Å². The van der Waals surface area contributed by atoms with E-state index < -0.39 is 12.0 Å². The van der Waals surface area contributed by atoms with Gasteiger partial charge >= 0.3 is 12.0 Å². The number of carbonyl (C=O) groups is 2. The Bertz CT molecular complexity index is 719. The van der Waals surface area contributed by atoms with Crippen LogP contribution in [0.15, 0.2) is 35.5 Å². The van der Waals surface area contributed by atoms with E-state index in [1.54, 1.807) is 6.92 Å². The summed E-state index contributed by atoms with van der Waals surface area (Å²) in [5.74, 6) is 0.179. The highest BCUT2D eigenvalue weighted by molar-refractivity contribution is 5.95. The van der Waals surface area contributed by atoms with Crippen molar-refractivity contribution in [3.63, 3.8) is 0 Å². The van der Waals surface area contributed by atoms with E-state index in [4.69, 9.17) is 9.47 Å². The zero-order valence-electron chi connectivity index (χ0n) is 16.3. The van der Waals surface area contributed by atoms with Crippen LogP contribution in [-0.2, 0) is 9.53 Å². The van der Waals surface area contributed by atoms with Gasteiger partial charge in [0.2, 0.25) is 0 Å². The number of amides is 2. The quantitative estimate of drug-likeness (QED) is 0.785. The highest BCUT2D eigenvalue weighted by Crippen LogP contribution is 2.34. The average molecular weight is 360 g/mol. The molecule has 0 spiro atoms. The summed E-state index contributed by atoms with van der Waals surface area (Å²) in [5.41, 5.74) is 1.40. The van der Waals surface area contributed by atoms with Crippen LogP contribution < -0.4 is 15.4 Å². The summed E-state index contributed by atoms with van der Waals surface area (Å²) in [5, 5.41) is 5.48. The van der Waals surface area contributed by atoms with Gasteiger partial charge in [-0.05, 0) is 32.3 Å². The Labute approximate surface area is 154 Å². The number of ether oxygens (including phenoxy) is 2. The molecule has 26 heavy (non-hydrogen) atoms. The molecule has 2 atom stereocenters. The minimum absolute atomic E-state index is 0.186. The third-order valence-corrected chi connectivity index (χ3v) is 4.52. The minimum Gasteiger partial charge on any atom is -0.494 e. The summed E-state index contributed by atoms with van der Waals surface area (Å²) in [7, 11) is 0. The minimum atomic E-state index is -0.633. The SMILES string of the molecule is CCOc1ccccc1[C@H]1NC(=O)NC(C)=C1C(=O)O[C@H](C)C(C)(C)C. The zero-order chi connectivity index (χ0) is 19.5. The Hall–Kier alpha value is -2.50. The summed E-state index contributed by atoms with van der Waals surface area (Å²) in [6, 6.07) is 6.37. The molecule has 1 aliphatic rings. The van der Waals surface area contributed by atoms with E-state index >= 15 is 0 Å². The first-order chi connectivity index (χ1) is 12.1. The molecule has 0 radical (unpaired) electrons. The fraction of sp³-hybridized carbons (Fsp3) is 0.500. The Morgan fingerprint density at radius 3 is 2.54 bits per heavy atom. The Morgan fingerprint density at radius 1 is 1.27 bits per heavy atom. The summed E-state index contributed by atoms with van der Waals surface area (Å²) < 4.78 is 11.4. The number of urea groups is 1. The molecular weight excluding hydrogens is 332 g/mol. The van der Waals surface area contributed by atoms with Crippen LogP contribution in [-0.4, -0.2) is 24.7 Å². The number of esters is 1. The number of rotatable bonds is 5. The third kappa shape index (κ3) is 4.36. The van der Waals surface area contributed by atoms with E-state index in [2.05, 4.69) is 10.6 Å². The van der Waals surface area contributed by atoms with Gasteiger partial charge < -0.3 is 20.1 Å². The van der Waals surface area contributed by atoms with Crippen LogP contribution in [0.4, 0.5) is 4.79 Å². The number of benzene rings is 1. The van der Waals surface area contributed by atoms with Crippen LogP contribution in [0, 0.1) is 5.41 Å². The molecule has 1 aliphatic heterocycles. The van der Waals surface area contributed by atoms with Crippen molar-refractivity contribution in [1.82, 2.24) is 10.6 Å². The van der Waals surface area contributed by atoms with Gasteiger partial charge in [0, 0.05) is 11.3 Å². The van der Waals surface area contributed by atoms with Gasteiger partial charge in [0.25, 0.3) is 0 Å². The Balaban J connectivity index is 2.42. The molecule has 6 heteroatoms. The van der Waals surface area contributed by atoms with Crippen LogP contribution in [0.3, 0.4) is 0 Å². The fourth-order valence-electron chi connectivity index (χ4n) is 2.60. The van der Waals surface area contributed by atoms with Gasteiger partial charge in [-0.25, -0.2) is 9.59 Å². The molecule has 6 nitrogen and oxygen atoms in total. The van der Waals surface area contributed by atoms with Crippen LogP contribution in [0.5, 0.6) is 5.75 Å². The lowest BCUT2D eigenvalue weighted by Gasteiger charge is -2.32. The lowest BCUT2D eigenvalue weighted by atomic mass is 9.90. The van der Waals surface area contributed by atoms with Crippen molar-refractivity contribution >= 4 is 12.0 Å². The second-order valence-electron chi connectivity index (χ2n) is 7.45. The van der Waals surface area contributed by atoms with Crippen molar-refractivity contribution in [2.45, 2.75) is 53.7 Å². The monoisotopic (exact) mass is 360 g/mol. The summed E-state index contributed by atoms with van der Waals surface area (Å²) >= 11 is 0. The van der Waals surface area contributed by atoms with Crippen molar-refractivity contribution in [3.05, 3.63) is 41.1 Å². The maximum Gasteiger partial charge on any atom is 0.338 e. The zero-order valence-corrected chi connectivity index (χ0v) is 16.3. The molecule has 1 aromatic rings. The molecule has 142 valence electrons. The van der Waals surface area contributed by atoms with E-state index in [1.807, 2.05) is 58.9 Å². The molecule has 2 N–H and O–H groups in total. The molecule has 1 aromatic carbocycles. The first kappa shape index (κ1) is 19.8. The van der Waals surface area contributed by atoms with Crippen molar-refractivity contribution in [2.24, 2.45) is 5.41 Å². The van der Waals surface area contributed by atoms with Crippen LogP contribution in [0.2, 0.25) is 0 Å². The molecule has 2 rings (SSSR count). The van der Waals surface area contributed by atoms with Crippen molar-refractivity contribution in [3.8, 4) is 5.75 Å². The van der Waals surface area contributed by atoms with E-state index in [9.17, 15) is 9.59 Å². The van der Waals surface area contributed by atoms with Crippen LogP contribution in [0.25, 0.3) is 0 Å². The van der Waals surface area contributed by atoms with Crippen LogP contribution >= 0.6 is 0 Å². The molecular formula is C20H28N2O4. The maximum absolute atomic E-state index is 12.9. The van der Waals surface area contributed by atoms with Gasteiger partial charge in [-0.1, -0.05) is 39.0 Å². The van der Waals surface area contributed by atoms with E-state index in [1.165, 1.54) is 0 Å². The number of hydrogen-bond acceptors (Lipinski definition) is 4. The van der Waals surface area contributed by atoms with Gasteiger partial charge in [0.15, 0.2) is 0 Å². The number of hydrogen-bond donors (Lipinski definition) is 2. The first-order valence-corrected chi connectivity index (χ1v) is 8.86. The van der Waals surface area contributed by atoms with Crippen LogP contribution in [0.1, 0.15) is 53.1 Å².